The number of rotatable bonds is 4. The van der Waals surface area contributed by atoms with Gasteiger partial charge in [-0.2, -0.15) is 4.52 Å². The highest BCUT2D eigenvalue weighted by Crippen LogP contribution is 2.41. The van der Waals surface area contributed by atoms with Crippen molar-refractivity contribution in [2.75, 3.05) is 20.2 Å². The quantitative estimate of drug-likeness (QED) is 0.678. The third-order valence-corrected chi connectivity index (χ3v) is 6.45. The fraction of sp³-hybridized carbons (Fsp3) is 0.450. The van der Waals surface area contributed by atoms with Gasteiger partial charge in [-0.05, 0) is 45.3 Å². The van der Waals surface area contributed by atoms with Crippen molar-refractivity contribution in [3.8, 4) is 5.88 Å². The van der Waals surface area contributed by atoms with Crippen LogP contribution in [0.1, 0.15) is 40.7 Å². The van der Waals surface area contributed by atoms with E-state index in [9.17, 15) is 9.90 Å². The molecule has 2 aromatic heterocycles. The Labute approximate surface area is 167 Å². The first kappa shape index (κ1) is 18.9. The minimum atomic E-state index is -0.136. The number of benzene rings is 1. The van der Waals surface area contributed by atoms with Crippen molar-refractivity contribution in [2.24, 2.45) is 5.92 Å². The molecule has 1 fully saturated rings. The summed E-state index contributed by atoms with van der Waals surface area (Å²) < 4.78 is 6.42. The summed E-state index contributed by atoms with van der Waals surface area (Å²) in [6.07, 6.45) is 1.49. The maximum atomic E-state index is 11.9. The Kier molecular flexibility index (Phi) is 5.07. The smallest absolute Gasteiger partial charge is 0.308 e. The van der Waals surface area contributed by atoms with Gasteiger partial charge in [0.15, 0.2) is 0 Å². The summed E-state index contributed by atoms with van der Waals surface area (Å²) in [5.74, 6) is 0.585. The number of aromatic hydroxyl groups is 1. The van der Waals surface area contributed by atoms with E-state index in [1.165, 1.54) is 28.5 Å². The van der Waals surface area contributed by atoms with Gasteiger partial charge in [-0.1, -0.05) is 41.2 Å². The van der Waals surface area contributed by atoms with E-state index in [1.807, 2.05) is 6.92 Å². The number of thiazole rings is 1. The molecule has 148 valence electrons. The van der Waals surface area contributed by atoms with Crippen molar-refractivity contribution in [3.63, 3.8) is 0 Å². The minimum absolute atomic E-state index is 0.0570. The Bertz CT molecular complexity index is 987. The number of carbonyl (C=O) groups is 1. The van der Waals surface area contributed by atoms with E-state index >= 15 is 0 Å². The van der Waals surface area contributed by atoms with Crippen LogP contribution in [-0.2, 0) is 9.53 Å². The predicted molar refractivity (Wildman–Crippen MR) is 107 cm³/mol. The summed E-state index contributed by atoms with van der Waals surface area (Å²) in [7, 11) is 1.44. The molecule has 1 aromatic carbocycles. The lowest BCUT2D eigenvalue weighted by Crippen LogP contribution is -2.39. The molecule has 7 nitrogen and oxygen atoms in total. The molecule has 1 aliphatic rings. The van der Waals surface area contributed by atoms with E-state index < -0.39 is 0 Å². The number of methoxy groups -OCH3 is 1. The van der Waals surface area contributed by atoms with Crippen LogP contribution in [0.3, 0.4) is 0 Å². The van der Waals surface area contributed by atoms with Gasteiger partial charge in [0.05, 0.1) is 23.9 Å². The Balaban J connectivity index is 1.70. The summed E-state index contributed by atoms with van der Waals surface area (Å²) in [5, 5.41) is 15.2. The maximum Gasteiger partial charge on any atom is 0.308 e. The van der Waals surface area contributed by atoms with Crippen LogP contribution in [0.15, 0.2) is 24.3 Å². The Morgan fingerprint density at radius 2 is 1.93 bits per heavy atom. The second-order valence-corrected chi connectivity index (χ2v) is 8.30. The SMILES string of the molecule is COC(=O)C1CCN(C(c2ccc(C)cc2)c2sc3nc(C)nn3c2O)CC1. The molecule has 3 aromatic rings. The van der Waals surface area contributed by atoms with Crippen LogP contribution in [0.2, 0.25) is 0 Å². The number of piperidine rings is 1. The van der Waals surface area contributed by atoms with Crippen LogP contribution < -0.4 is 0 Å². The van der Waals surface area contributed by atoms with Crippen molar-refractivity contribution in [3.05, 3.63) is 46.1 Å². The zero-order valence-corrected chi connectivity index (χ0v) is 17.1. The molecule has 0 bridgehead atoms. The number of hydrogen-bond donors (Lipinski definition) is 1. The highest BCUT2D eigenvalue weighted by atomic mass is 32.1. The lowest BCUT2D eigenvalue weighted by molar-refractivity contribution is -0.147. The first-order valence-corrected chi connectivity index (χ1v) is 10.2. The van der Waals surface area contributed by atoms with E-state index in [0.29, 0.717) is 10.8 Å². The largest absolute Gasteiger partial charge is 0.492 e. The average molecular weight is 401 g/mol. The van der Waals surface area contributed by atoms with E-state index in [2.05, 4.69) is 46.2 Å². The molecule has 4 rings (SSSR count). The number of esters is 1. The summed E-state index contributed by atoms with van der Waals surface area (Å²) in [4.78, 5) is 20.1. The van der Waals surface area contributed by atoms with Crippen LogP contribution in [-0.4, -0.2) is 50.8 Å². The van der Waals surface area contributed by atoms with Gasteiger partial charge in [-0.15, -0.1) is 5.10 Å². The van der Waals surface area contributed by atoms with Gasteiger partial charge >= 0.3 is 5.97 Å². The monoisotopic (exact) mass is 400 g/mol. The number of hydrogen-bond acceptors (Lipinski definition) is 7. The second kappa shape index (κ2) is 7.52. The van der Waals surface area contributed by atoms with Crippen LogP contribution in [0.25, 0.3) is 4.96 Å². The highest BCUT2D eigenvalue weighted by Gasteiger charge is 2.34. The molecule has 0 aliphatic carbocycles. The number of carbonyl (C=O) groups excluding carboxylic acids is 1. The molecule has 1 saturated heterocycles. The summed E-state index contributed by atoms with van der Waals surface area (Å²) in [6, 6.07) is 8.27. The predicted octanol–water partition coefficient (Wildman–Crippen LogP) is 3.09. The zero-order valence-electron chi connectivity index (χ0n) is 16.3. The topological polar surface area (TPSA) is 80.0 Å². The van der Waals surface area contributed by atoms with Crippen LogP contribution in [0.5, 0.6) is 5.88 Å². The summed E-state index contributed by atoms with van der Waals surface area (Å²) in [6.45, 7) is 5.38. The lowest BCUT2D eigenvalue weighted by Gasteiger charge is -2.36. The minimum Gasteiger partial charge on any atom is -0.492 e. The third kappa shape index (κ3) is 3.38. The summed E-state index contributed by atoms with van der Waals surface area (Å²) >= 11 is 1.46. The summed E-state index contributed by atoms with van der Waals surface area (Å²) in [5.41, 5.74) is 2.30. The number of ether oxygens (including phenoxy) is 1. The molecule has 1 aliphatic heterocycles. The molecule has 28 heavy (non-hydrogen) atoms. The van der Waals surface area contributed by atoms with E-state index in [-0.39, 0.29) is 23.8 Å². The molecule has 0 spiro atoms. The van der Waals surface area contributed by atoms with E-state index in [4.69, 9.17) is 4.74 Å². The number of fused-ring (bicyclic) bond motifs is 1. The lowest BCUT2D eigenvalue weighted by atomic mass is 9.93. The van der Waals surface area contributed by atoms with Gasteiger partial charge in [0.2, 0.25) is 10.8 Å². The van der Waals surface area contributed by atoms with Gasteiger partial charge in [0.1, 0.15) is 5.82 Å². The molecule has 1 unspecified atom stereocenters. The van der Waals surface area contributed by atoms with Crippen molar-refractivity contribution >= 4 is 22.3 Å². The Hall–Kier alpha value is -2.45. The standard InChI is InChI=1S/C20H24N4O3S/c1-12-4-6-14(7-5-12)16(23-10-8-15(9-11-23)19(26)27-3)17-18(25)24-20(28-17)21-13(2)22-24/h4-7,15-16,25H,8-11H2,1-3H3. The van der Waals surface area contributed by atoms with Crippen molar-refractivity contribution < 1.29 is 14.6 Å². The Morgan fingerprint density at radius 1 is 1.25 bits per heavy atom. The molecule has 0 saturated carbocycles. The molecule has 1 atom stereocenters. The zero-order chi connectivity index (χ0) is 19.8. The first-order valence-electron chi connectivity index (χ1n) is 9.41. The van der Waals surface area contributed by atoms with Gasteiger partial charge in [0.25, 0.3) is 0 Å². The van der Waals surface area contributed by atoms with Crippen LogP contribution in [0, 0.1) is 19.8 Å². The molecule has 0 amide bonds. The van der Waals surface area contributed by atoms with E-state index in [1.54, 1.807) is 0 Å². The fourth-order valence-electron chi connectivity index (χ4n) is 3.86. The van der Waals surface area contributed by atoms with Crippen LogP contribution in [0.4, 0.5) is 0 Å². The first-order chi connectivity index (χ1) is 13.5. The van der Waals surface area contributed by atoms with Crippen molar-refractivity contribution in [1.29, 1.82) is 0 Å². The van der Waals surface area contributed by atoms with Gasteiger partial charge in [-0.3, -0.25) is 9.69 Å². The van der Waals surface area contributed by atoms with Crippen molar-refractivity contribution in [2.45, 2.75) is 32.7 Å². The number of aromatic nitrogens is 3. The molecule has 3 heterocycles. The van der Waals surface area contributed by atoms with Gasteiger partial charge in [0, 0.05) is 0 Å². The van der Waals surface area contributed by atoms with Gasteiger partial charge < -0.3 is 9.84 Å². The average Bonchev–Trinajstić information content (AvgIpc) is 3.21. The van der Waals surface area contributed by atoms with Gasteiger partial charge in [-0.25, -0.2) is 4.98 Å². The maximum absolute atomic E-state index is 11.9. The normalized spacial score (nSPS) is 17.1. The molecule has 0 radical (unpaired) electrons. The Morgan fingerprint density at radius 3 is 2.54 bits per heavy atom. The fourth-order valence-corrected chi connectivity index (χ4v) is 5.03. The highest BCUT2D eigenvalue weighted by molar-refractivity contribution is 7.17. The number of aryl methyl sites for hydroxylation is 2. The molecule has 1 N–H and O–H groups in total. The van der Waals surface area contributed by atoms with Crippen LogP contribution >= 0.6 is 11.3 Å². The number of nitrogens with zero attached hydrogens (tertiary/aromatic N) is 4. The second-order valence-electron chi connectivity index (χ2n) is 7.29. The third-order valence-electron chi connectivity index (χ3n) is 5.38. The van der Waals surface area contributed by atoms with Crippen molar-refractivity contribution in [1.82, 2.24) is 19.5 Å². The molecule has 8 heteroatoms. The van der Waals surface area contributed by atoms with E-state index in [0.717, 1.165) is 36.4 Å². The number of likely N-dealkylation sites (tertiary alicyclic amines) is 1. The molecular formula is C20H24N4O3S. The molecular weight excluding hydrogens is 376 g/mol.